The van der Waals surface area contributed by atoms with Crippen LogP contribution in [-0.4, -0.2) is 34.7 Å². The Morgan fingerprint density at radius 1 is 1.65 bits per heavy atom. The van der Waals surface area contributed by atoms with Gasteiger partial charge in [0.05, 0.1) is 13.1 Å². The number of nitrogens with two attached hydrogens (primary N) is 1. The highest BCUT2D eigenvalue weighted by Crippen LogP contribution is 2.26. The summed E-state index contributed by atoms with van der Waals surface area (Å²) in [5.74, 6) is 0. The molecule has 0 saturated carbocycles. The quantitative estimate of drug-likeness (QED) is 0.849. The van der Waals surface area contributed by atoms with Crippen LogP contribution in [0.3, 0.4) is 0 Å². The summed E-state index contributed by atoms with van der Waals surface area (Å²) in [5, 5.41) is 0. The highest BCUT2D eigenvalue weighted by atomic mass is 16.6. The van der Waals surface area contributed by atoms with Crippen LogP contribution in [0.4, 0.5) is 4.79 Å². The Morgan fingerprint density at radius 2 is 2.47 bits per heavy atom. The second-order valence-corrected chi connectivity index (χ2v) is 4.57. The van der Waals surface area contributed by atoms with Gasteiger partial charge in [-0.15, -0.1) is 0 Å². The largest absolute Gasteiger partial charge is 0.441 e. The van der Waals surface area contributed by atoms with Gasteiger partial charge < -0.3 is 10.5 Å². The van der Waals surface area contributed by atoms with Crippen molar-refractivity contribution >= 4 is 6.09 Å². The molecule has 1 aromatic rings. The summed E-state index contributed by atoms with van der Waals surface area (Å²) < 4.78 is 5.36. The Bertz CT molecular complexity index is 396. The van der Waals surface area contributed by atoms with E-state index in [0.29, 0.717) is 26.1 Å². The maximum atomic E-state index is 11.7. The van der Waals surface area contributed by atoms with Crippen molar-refractivity contribution in [1.29, 1.82) is 0 Å². The minimum atomic E-state index is -0.450. The zero-order valence-electron chi connectivity index (χ0n) is 9.93. The lowest BCUT2D eigenvalue weighted by Crippen LogP contribution is -2.33. The molecule has 5 nitrogen and oxygen atoms in total. The van der Waals surface area contributed by atoms with Crippen molar-refractivity contribution < 1.29 is 9.53 Å². The normalized spacial score (nSPS) is 23.9. The standard InChI is InChI=1S/C12H17N3O2/c1-12(4-5-13)9-15(11(16)17-12)8-10-3-2-6-14-7-10/h2-3,6-7H,4-5,8-9,13H2,1H3. The van der Waals surface area contributed by atoms with Crippen LogP contribution in [0.25, 0.3) is 0 Å². The third-order valence-corrected chi connectivity index (χ3v) is 2.89. The number of rotatable bonds is 4. The number of hydrogen-bond donors (Lipinski definition) is 1. The Labute approximate surface area is 101 Å². The first kappa shape index (κ1) is 11.9. The summed E-state index contributed by atoms with van der Waals surface area (Å²) in [6, 6.07) is 3.80. The molecule has 2 rings (SSSR count). The minimum Gasteiger partial charge on any atom is -0.441 e. The second-order valence-electron chi connectivity index (χ2n) is 4.57. The van der Waals surface area contributed by atoms with Gasteiger partial charge in [-0.2, -0.15) is 0 Å². The molecule has 1 aliphatic rings. The number of carbonyl (C=O) groups is 1. The Hall–Kier alpha value is -1.62. The number of amides is 1. The third kappa shape index (κ3) is 2.74. The Kier molecular flexibility index (Phi) is 3.28. The lowest BCUT2D eigenvalue weighted by molar-refractivity contribution is 0.0669. The van der Waals surface area contributed by atoms with Crippen LogP contribution >= 0.6 is 0 Å². The summed E-state index contributed by atoms with van der Waals surface area (Å²) in [6.07, 6.45) is 3.88. The average molecular weight is 235 g/mol. The van der Waals surface area contributed by atoms with E-state index in [4.69, 9.17) is 10.5 Å². The van der Waals surface area contributed by atoms with Gasteiger partial charge in [0, 0.05) is 18.8 Å². The molecule has 1 amide bonds. The van der Waals surface area contributed by atoms with Crippen molar-refractivity contribution in [2.75, 3.05) is 13.1 Å². The first-order valence-electron chi connectivity index (χ1n) is 5.70. The maximum absolute atomic E-state index is 11.7. The van der Waals surface area contributed by atoms with E-state index in [1.54, 1.807) is 17.3 Å². The highest BCUT2D eigenvalue weighted by Gasteiger charge is 2.40. The van der Waals surface area contributed by atoms with E-state index in [-0.39, 0.29) is 6.09 Å². The van der Waals surface area contributed by atoms with Gasteiger partial charge in [-0.25, -0.2) is 4.79 Å². The molecule has 0 spiro atoms. The number of hydrogen-bond acceptors (Lipinski definition) is 4. The molecule has 1 fully saturated rings. The summed E-state index contributed by atoms with van der Waals surface area (Å²) in [5.41, 5.74) is 6.07. The predicted octanol–water partition coefficient (Wildman–Crippen LogP) is 1.14. The van der Waals surface area contributed by atoms with Crippen molar-refractivity contribution in [3.05, 3.63) is 30.1 Å². The van der Waals surface area contributed by atoms with Gasteiger partial charge in [-0.3, -0.25) is 9.88 Å². The molecule has 1 unspecified atom stereocenters. The van der Waals surface area contributed by atoms with Crippen LogP contribution in [0.5, 0.6) is 0 Å². The molecular formula is C12H17N3O2. The fourth-order valence-electron chi connectivity index (χ4n) is 2.04. The van der Waals surface area contributed by atoms with E-state index in [1.165, 1.54) is 0 Å². The average Bonchev–Trinajstić information content (AvgIpc) is 2.56. The zero-order valence-corrected chi connectivity index (χ0v) is 9.93. The molecule has 0 aliphatic carbocycles. The summed E-state index contributed by atoms with van der Waals surface area (Å²) in [7, 11) is 0. The van der Waals surface area contributed by atoms with Crippen molar-refractivity contribution in [3.63, 3.8) is 0 Å². The molecule has 0 aromatic carbocycles. The van der Waals surface area contributed by atoms with Gasteiger partial charge in [-0.1, -0.05) is 6.07 Å². The number of cyclic esters (lactones) is 1. The van der Waals surface area contributed by atoms with Gasteiger partial charge in [0.2, 0.25) is 0 Å². The molecule has 1 saturated heterocycles. The van der Waals surface area contributed by atoms with Crippen molar-refractivity contribution in [2.45, 2.75) is 25.5 Å². The number of pyridine rings is 1. The number of nitrogens with zero attached hydrogens (tertiary/aromatic N) is 2. The first-order valence-corrected chi connectivity index (χ1v) is 5.70. The lowest BCUT2D eigenvalue weighted by Gasteiger charge is -2.20. The smallest absolute Gasteiger partial charge is 0.410 e. The molecule has 1 atom stereocenters. The summed E-state index contributed by atoms with van der Waals surface area (Å²) in [6.45, 7) is 3.55. The molecule has 1 aromatic heterocycles. The number of carbonyl (C=O) groups excluding carboxylic acids is 1. The number of aromatic nitrogens is 1. The van der Waals surface area contributed by atoms with Crippen molar-refractivity contribution in [2.24, 2.45) is 5.73 Å². The molecule has 92 valence electrons. The summed E-state index contributed by atoms with van der Waals surface area (Å²) >= 11 is 0. The van der Waals surface area contributed by atoms with Gasteiger partial charge in [0.25, 0.3) is 0 Å². The Morgan fingerprint density at radius 3 is 3.12 bits per heavy atom. The highest BCUT2D eigenvalue weighted by molar-refractivity contribution is 5.70. The maximum Gasteiger partial charge on any atom is 0.410 e. The fourth-order valence-corrected chi connectivity index (χ4v) is 2.04. The molecule has 0 bridgehead atoms. The topological polar surface area (TPSA) is 68.5 Å². The molecule has 0 radical (unpaired) electrons. The van der Waals surface area contributed by atoms with Gasteiger partial charge >= 0.3 is 6.09 Å². The van der Waals surface area contributed by atoms with E-state index in [9.17, 15) is 4.79 Å². The van der Waals surface area contributed by atoms with Gasteiger partial charge in [0.15, 0.2) is 0 Å². The molecule has 5 heteroatoms. The third-order valence-electron chi connectivity index (χ3n) is 2.89. The van der Waals surface area contributed by atoms with E-state index in [2.05, 4.69) is 4.98 Å². The van der Waals surface area contributed by atoms with Crippen LogP contribution in [0.15, 0.2) is 24.5 Å². The molecular weight excluding hydrogens is 218 g/mol. The lowest BCUT2D eigenvalue weighted by atomic mass is 10.0. The fraction of sp³-hybridized carbons (Fsp3) is 0.500. The second kappa shape index (κ2) is 4.71. The molecule has 17 heavy (non-hydrogen) atoms. The minimum absolute atomic E-state index is 0.273. The summed E-state index contributed by atoms with van der Waals surface area (Å²) in [4.78, 5) is 17.4. The van der Waals surface area contributed by atoms with Crippen LogP contribution in [0.2, 0.25) is 0 Å². The SMILES string of the molecule is CC1(CCN)CN(Cc2cccnc2)C(=O)O1. The van der Waals surface area contributed by atoms with E-state index in [1.807, 2.05) is 19.1 Å². The molecule has 2 heterocycles. The van der Waals surface area contributed by atoms with Crippen LogP contribution in [0.1, 0.15) is 18.9 Å². The Balaban J connectivity index is 2.02. The first-order chi connectivity index (χ1) is 8.13. The van der Waals surface area contributed by atoms with Crippen LogP contribution < -0.4 is 5.73 Å². The predicted molar refractivity (Wildman–Crippen MR) is 63.2 cm³/mol. The van der Waals surface area contributed by atoms with Crippen LogP contribution in [-0.2, 0) is 11.3 Å². The van der Waals surface area contributed by atoms with E-state index in [0.717, 1.165) is 5.56 Å². The van der Waals surface area contributed by atoms with Crippen molar-refractivity contribution in [3.8, 4) is 0 Å². The monoisotopic (exact) mass is 235 g/mol. The molecule has 1 aliphatic heterocycles. The van der Waals surface area contributed by atoms with Crippen molar-refractivity contribution in [1.82, 2.24) is 9.88 Å². The van der Waals surface area contributed by atoms with E-state index >= 15 is 0 Å². The van der Waals surface area contributed by atoms with E-state index < -0.39 is 5.60 Å². The van der Waals surface area contributed by atoms with Crippen LogP contribution in [0, 0.1) is 0 Å². The number of ether oxygens (including phenoxy) is 1. The zero-order chi connectivity index (χ0) is 12.3. The molecule has 2 N–H and O–H groups in total. The van der Waals surface area contributed by atoms with Gasteiger partial charge in [-0.05, 0) is 25.1 Å². The van der Waals surface area contributed by atoms with Gasteiger partial charge in [0.1, 0.15) is 5.60 Å².